The molecule has 2 N–H and O–H groups in total. The van der Waals surface area contributed by atoms with Gasteiger partial charge in [-0.1, -0.05) is 54.8 Å². The molecular weight excluding hydrogens is 352 g/mol. The van der Waals surface area contributed by atoms with Crippen molar-refractivity contribution < 1.29 is 9.32 Å². The highest BCUT2D eigenvalue weighted by Crippen LogP contribution is 2.40. The molecule has 4 rings (SSSR count). The molecule has 0 bridgehead atoms. The second-order valence-electron chi connectivity index (χ2n) is 8.36. The molecule has 6 heteroatoms. The Bertz CT molecular complexity index is 783. The molecule has 1 atom stereocenters. The van der Waals surface area contributed by atoms with Crippen LogP contribution in [-0.2, 0) is 4.79 Å². The topological polar surface area (TPSA) is 85.3 Å². The van der Waals surface area contributed by atoms with Crippen molar-refractivity contribution in [2.75, 3.05) is 13.1 Å². The van der Waals surface area contributed by atoms with Crippen LogP contribution in [0.1, 0.15) is 69.7 Å². The van der Waals surface area contributed by atoms with Crippen LogP contribution >= 0.6 is 0 Å². The molecule has 2 fully saturated rings. The summed E-state index contributed by atoms with van der Waals surface area (Å²) >= 11 is 0. The monoisotopic (exact) mass is 382 g/mol. The quantitative estimate of drug-likeness (QED) is 0.842. The van der Waals surface area contributed by atoms with Gasteiger partial charge in [0.1, 0.15) is 6.04 Å². The Labute approximate surface area is 166 Å². The third-order valence-corrected chi connectivity index (χ3v) is 6.46. The maximum absolute atomic E-state index is 13.3. The molecule has 2 aliphatic rings. The number of nitrogens with zero attached hydrogens (tertiary/aromatic N) is 3. The van der Waals surface area contributed by atoms with Crippen LogP contribution in [0.2, 0.25) is 0 Å². The number of hydrogen-bond donors (Lipinski definition) is 1. The molecule has 6 nitrogen and oxygen atoms in total. The van der Waals surface area contributed by atoms with E-state index in [1.165, 1.54) is 19.3 Å². The highest BCUT2D eigenvalue weighted by molar-refractivity contribution is 5.77. The van der Waals surface area contributed by atoms with E-state index in [-0.39, 0.29) is 17.4 Å². The van der Waals surface area contributed by atoms with Gasteiger partial charge >= 0.3 is 0 Å². The molecule has 150 valence electrons. The number of carbonyl (C=O) groups is 1. The average Bonchev–Trinajstić information content (AvgIpc) is 3.25. The third-order valence-electron chi connectivity index (χ3n) is 6.46. The van der Waals surface area contributed by atoms with Crippen molar-refractivity contribution in [3.63, 3.8) is 0 Å². The molecule has 1 aliphatic carbocycles. The predicted molar refractivity (Wildman–Crippen MR) is 107 cm³/mol. The zero-order valence-corrected chi connectivity index (χ0v) is 16.5. The lowest BCUT2D eigenvalue weighted by atomic mass is 9.71. The fourth-order valence-electron chi connectivity index (χ4n) is 4.74. The second-order valence-corrected chi connectivity index (χ2v) is 8.36. The molecular formula is C22H30N4O2. The van der Waals surface area contributed by atoms with Crippen molar-refractivity contribution in [3.05, 3.63) is 36.2 Å². The summed E-state index contributed by atoms with van der Waals surface area (Å²) < 4.78 is 5.60. The van der Waals surface area contributed by atoms with Crippen molar-refractivity contribution >= 4 is 5.91 Å². The number of likely N-dealkylation sites (tertiary alicyclic amines) is 1. The summed E-state index contributed by atoms with van der Waals surface area (Å²) in [6.07, 6.45) is 9.25. The van der Waals surface area contributed by atoms with Gasteiger partial charge in [-0.05, 0) is 44.1 Å². The van der Waals surface area contributed by atoms with Gasteiger partial charge in [0.15, 0.2) is 0 Å². The molecule has 1 amide bonds. The SMILES string of the molecule is NCC1(CC(=O)N2CCCCC2c2nc(-c3ccccc3)no2)CCCCC1. The Kier molecular flexibility index (Phi) is 5.76. The smallest absolute Gasteiger partial charge is 0.249 e. The number of benzene rings is 1. The van der Waals surface area contributed by atoms with Crippen molar-refractivity contribution in [1.29, 1.82) is 0 Å². The van der Waals surface area contributed by atoms with Gasteiger partial charge in [0.25, 0.3) is 0 Å². The van der Waals surface area contributed by atoms with E-state index in [2.05, 4.69) is 10.1 Å². The Morgan fingerprint density at radius 1 is 1.14 bits per heavy atom. The Balaban J connectivity index is 1.51. The maximum atomic E-state index is 13.3. The van der Waals surface area contributed by atoms with Crippen LogP contribution in [0.3, 0.4) is 0 Å². The molecule has 0 radical (unpaired) electrons. The van der Waals surface area contributed by atoms with Crippen molar-refractivity contribution in [2.24, 2.45) is 11.1 Å². The van der Waals surface area contributed by atoms with Gasteiger partial charge in [0.2, 0.25) is 17.6 Å². The zero-order chi connectivity index (χ0) is 19.4. The first-order chi connectivity index (χ1) is 13.7. The number of rotatable bonds is 5. The number of hydrogen-bond acceptors (Lipinski definition) is 5. The summed E-state index contributed by atoms with van der Waals surface area (Å²) in [6.45, 7) is 1.35. The van der Waals surface area contributed by atoms with Crippen LogP contribution in [0.25, 0.3) is 11.4 Å². The Morgan fingerprint density at radius 3 is 2.68 bits per heavy atom. The summed E-state index contributed by atoms with van der Waals surface area (Å²) in [4.78, 5) is 19.9. The first kappa shape index (κ1) is 19.1. The van der Waals surface area contributed by atoms with Gasteiger partial charge in [0.05, 0.1) is 0 Å². The molecule has 1 aliphatic heterocycles. The minimum Gasteiger partial charge on any atom is -0.337 e. The second kappa shape index (κ2) is 8.43. The van der Waals surface area contributed by atoms with E-state index in [4.69, 9.17) is 10.3 Å². The molecule has 1 aromatic carbocycles. The predicted octanol–water partition coefficient (Wildman–Crippen LogP) is 4.09. The minimum absolute atomic E-state index is 0.0264. The molecule has 28 heavy (non-hydrogen) atoms. The van der Waals surface area contributed by atoms with Crippen molar-refractivity contribution in [3.8, 4) is 11.4 Å². The van der Waals surface area contributed by atoms with Crippen LogP contribution in [0.15, 0.2) is 34.9 Å². The fraction of sp³-hybridized carbons (Fsp3) is 0.591. The fourth-order valence-corrected chi connectivity index (χ4v) is 4.74. The molecule has 2 heterocycles. The number of aromatic nitrogens is 2. The molecule has 1 saturated carbocycles. The molecule has 2 aromatic rings. The van der Waals surface area contributed by atoms with Gasteiger partial charge in [-0.2, -0.15) is 4.98 Å². The summed E-state index contributed by atoms with van der Waals surface area (Å²) in [5.41, 5.74) is 7.02. The lowest BCUT2D eigenvalue weighted by Gasteiger charge is -2.40. The zero-order valence-electron chi connectivity index (χ0n) is 16.5. The largest absolute Gasteiger partial charge is 0.337 e. The summed E-state index contributed by atoms with van der Waals surface area (Å²) in [5, 5.41) is 4.16. The van der Waals surface area contributed by atoms with Crippen molar-refractivity contribution in [1.82, 2.24) is 15.0 Å². The Hall–Kier alpha value is -2.21. The van der Waals surface area contributed by atoms with E-state index < -0.39 is 0 Å². The van der Waals surface area contributed by atoms with Gasteiger partial charge in [-0.3, -0.25) is 4.79 Å². The lowest BCUT2D eigenvalue weighted by Crippen LogP contribution is -2.43. The van der Waals surface area contributed by atoms with Crippen LogP contribution in [0.4, 0.5) is 0 Å². The van der Waals surface area contributed by atoms with Crippen LogP contribution in [0.5, 0.6) is 0 Å². The standard InChI is InChI=1S/C22H30N4O2/c23-16-22(12-6-2-7-13-22)15-19(27)26-14-8-5-11-18(26)21-24-20(25-28-21)17-9-3-1-4-10-17/h1,3-4,9-10,18H,2,5-8,11-16,23H2. The molecule has 1 unspecified atom stereocenters. The Morgan fingerprint density at radius 2 is 1.93 bits per heavy atom. The van der Waals surface area contributed by atoms with Crippen LogP contribution < -0.4 is 5.73 Å². The number of nitrogens with two attached hydrogens (primary N) is 1. The van der Waals surface area contributed by atoms with E-state index in [0.717, 1.165) is 44.2 Å². The van der Waals surface area contributed by atoms with Gasteiger partial charge < -0.3 is 15.2 Å². The molecule has 1 aromatic heterocycles. The third kappa shape index (κ3) is 3.97. The highest BCUT2D eigenvalue weighted by atomic mass is 16.5. The first-order valence-electron chi connectivity index (χ1n) is 10.6. The van der Waals surface area contributed by atoms with E-state index >= 15 is 0 Å². The first-order valence-corrected chi connectivity index (χ1v) is 10.6. The van der Waals surface area contributed by atoms with E-state index in [9.17, 15) is 4.79 Å². The highest BCUT2D eigenvalue weighted by Gasteiger charge is 2.38. The molecule has 1 saturated heterocycles. The summed E-state index contributed by atoms with van der Waals surface area (Å²) in [6, 6.07) is 9.68. The van der Waals surface area contributed by atoms with Crippen molar-refractivity contribution in [2.45, 2.75) is 63.8 Å². The van der Waals surface area contributed by atoms with E-state index in [1.807, 2.05) is 35.2 Å². The van der Waals surface area contributed by atoms with Gasteiger partial charge in [-0.25, -0.2) is 0 Å². The summed E-state index contributed by atoms with van der Waals surface area (Å²) in [7, 11) is 0. The minimum atomic E-state index is -0.121. The van der Waals surface area contributed by atoms with Crippen LogP contribution in [-0.4, -0.2) is 34.0 Å². The van der Waals surface area contributed by atoms with Crippen LogP contribution in [0, 0.1) is 5.41 Å². The number of amides is 1. The van der Waals surface area contributed by atoms with E-state index in [0.29, 0.717) is 24.7 Å². The molecule has 0 spiro atoms. The normalized spacial score (nSPS) is 22.2. The maximum Gasteiger partial charge on any atom is 0.249 e. The van der Waals surface area contributed by atoms with Gasteiger partial charge in [-0.15, -0.1) is 0 Å². The average molecular weight is 383 g/mol. The number of piperidine rings is 1. The van der Waals surface area contributed by atoms with E-state index in [1.54, 1.807) is 0 Å². The van der Waals surface area contributed by atoms with Gasteiger partial charge in [0, 0.05) is 18.5 Å². The lowest BCUT2D eigenvalue weighted by molar-refractivity contribution is -0.138. The summed E-state index contributed by atoms with van der Waals surface area (Å²) in [5.74, 6) is 1.33. The number of carbonyl (C=O) groups excluding carboxylic acids is 1.